The smallest absolute Gasteiger partial charge is 0.213 e. The molecule has 0 saturated carbocycles. The number of nitrogens with zero attached hydrogens (tertiary/aromatic N) is 1. The Kier molecular flexibility index (Phi) is 2.34. The number of carbonyl (C=O) groups is 1. The number of aromatic nitrogens is 2. The van der Waals surface area contributed by atoms with Gasteiger partial charge >= 0.3 is 0 Å². The summed E-state index contributed by atoms with van der Waals surface area (Å²) in [6, 6.07) is 13.7. The number of aromatic amines is 1. The quantitative estimate of drug-likeness (QED) is 0.674. The molecule has 1 heterocycles. The van der Waals surface area contributed by atoms with Gasteiger partial charge in [0.05, 0.1) is 5.52 Å². The van der Waals surface area contributed by atoms with Gasteiger partial charge in [-0.25, -0.2) is 0 Å². The van der Waals surface area contributed by atoms with Crippen LogP contribution in [0, 0.1) is 0 Å². The zero-order chi connectivity index (χ0) is 12.5. The summed E-state index contributed by atoms with van der Waals surface area (Å²) in [5.74, 6) is -0.135. The summed E-state index contributed by atoms with van der Waals surface area (Å²) in [4.78, 5) is 12.3. The molecule has 0 spiro atoms. The maximum absolute atomic E-state index is 12.3. The summed E-state index contributed by atoms with van der Waals surface area (Å²) in [5, 5.41) is 17.0. The Morgan fingerprint density at radius 3 is 2.78 bits per heavy atom. The molecule has 0 aliphatic rings. The predicted octanol–water partition coefficient (Wildman–Crippen LogP) is 2.50. The Morgan fingerprint density at radius 2 is 1.94 bits per heavy atom. The van der Waals surface area contributed by atoms with Crippen LogP contribution in [-0.4, -0.2) is 21.1 Å². The lowest BCUT2D eigenvalue weighted by atomic mass is 10.1. The van der Waals surface area contributed by atoms with Crippen molar-refractivity contribution in [2.45, 2.75) is 0 Å². The number of carbonyl (C=O) groups excluding carboxylic acids is 1. The molecule has 0 saturated heterocycles. The first-order valence-corrected chi connectivity index (χ1v) is 5.52. The van der Waals surface area contributed by atoms with E-state index in [2.05, 4.69) is 10.2 Å². The van der Waals surface area contributed by atoms with Gasteiger partial charge in [-0.2, -0.15) is 5.10 Å². The van der Waals surface area contributed by atoms with Crippen molar-refractivity contribution in [2.24, 2.45) is 0 Å². The van der Waals surface area contributed by atoms with Crippen molar-refractivity contribution in [3.8, 4) is 5.75 Å². The zero-order valence-corrected chi connectivity index (χ0v) is 9.42. The van der Waals surface area contributed by atoms with Gasteiger partial charge in [-0.1, -0.05) is 30.3 Å². The standard InChI is InChI=1S/C14H10N2O2/c17-10-5-3-4-9(8-10)14(18)13-11-6-1-2-7-12(11)15-16-13/h1-8,17H,(H,15,16). The van der Waals surface area contributed by atoms with E-state index in [-0.39, 0.29) is 11.5 Å². The van der Waals surface area contributed by atoms with Crippen LogP contribution in [-0.2, 0) is 0 Å². The lowest BCUT2D eigenvalue weighted by molar-refractivity contribution is 0.103. The topological polar surface area (TPSA) is 66.0 Å². The van der Waals surface area contributed by atoms with E-state index in [9.17, 15) is 9.90 Å². The number of para-hydroxylation sites is 1. The van der Waals surface area contributed by atoms with Crippen molar-refractivity contribution in [1.82, 2.24) is 10.2 Å². The van der Waals surface area contributed by atoms with E-state index < -0.39 is 0 Å². The molecule has 18 heavy (non-hydrogen) atoms. The molecular weight excluding hydrogens is 228 g/mol. The molecule has 0 bridgehead atoms. The van der Waals surface area contributed by atoms with Crippen LogP contribution in [0.5, 0.6) is 5.75 Å². The summed E-state index contributed by atoms with van der Waals surface area (Å²) in [6.07, 6.45) is 0. The Balaban J connectivity index is 2.12. The molecule has 0 unspecified atom stereocenters. The molecule has 3 aromatic rings. The van der Waals surface area contributed by atoms with Gasteiger partial charge in [0, 0.05) is 10.9 Å². The highest BCUT2D eigenvalue weighted by Gasteiger charge is 2.15. The fourth-order valence-electron chi connectivity index (χ4n) is 1.92. The zero-order valence-electron chi connectivity index (χ0n) is 9.42. The summed E-state index contributed by atoms with van der Waals surface area (Å²) in [7, 11) is 0. The molecule has 0 fully saturated rings. The highest BCUT2D eigenvalue weighted by atomic mass is 16.3. The van der Waals surface area contributed by atoms with E-state index in [1.807, 2.05) is 24.3 Å². The Bertz CT molecular complexity index is 731. The maximum Gasteiger partial charge on any atom is 0.213 e. The third-order valence-electron chi connectivity index (χ3n) is 2.79. The number of benzene rings is 2. The van der Waals surface area contributed by atoms with Gasteiger partial charge in [0.15, 0.2) is 0 Å². The minimum absolute atomic E-state index is 0.0701. The summed E-state index contributed by atoms with van der Waals surface area (Å²) in [6.45, 7) is 0. The van der Waals surface area contributed by atoms with Crippen LogP contribution in [0.4, 0.5) is 0 Å². The number of phenols is 1. The summed E-state index contributed by atoms with van der Waals surface area (Å²) in [5.41, 5.74) is 1.62. The van der Waals surface area contributed by atoms with Gasteiger partial charge in [-0.15, -0.1) is 0 Å². The largest absolute Gasteiger partial charge is 0.508 e. The number of hydrogen-bond donors (Lipinski definition) is 2. The minimum atomic E-state index is -0.205. The average Bonchev–Trinajstić information content (AvgIpc) is 2.82. The monoisotopic (exact) mass is 238 g/mol. The van der Waals surface area contributed by atoms with Gasteiger partial charge in [0.1, 0.15) is 11.4 Å². The Morgan fingerprint density at radius 1 is 1.11 bits per heavy atom. The van der Waals surface area contributed by atoms with Crippen LogP contribution < -0.4 is 0 Å². The highest BCUT2D eigenvalue weighted by molar-refractivity contribution is 6.14. The number of fused-ring (bicyclic) bond motifs is 1. The molecule has 0 aliphatic heterocycles. The Hall–Kier alpha value is -2.62. The molecule has 0 amide bonds. The van der Waals surface area contributed by atoms with E-state index in [0.717, 1.165) is 10.9 Å². The van der Waals surface area contributed by atoms with E-state index in [0.29, 0.717) is 11.3 Å². The van der Waals surface area contributed by atoms with E-state index in [1.54, 1.807) is 12.1 Å². The van der Waals surface area contributed by atoms with Crippen molar-refractivity contribution in [1.29, 1.82) is 0 Å². The van der Waals surface area contributed by atoms with Crippen molar-refractivity contribution in [3.63, 3.8) is 0 Å². The first-order valence-electron chi connectivity index (χ1n) is 5.52. The van der Waals surface area contributed by atoms with Crippen molar-refractivity contribution in [3.05, 3.63) is 59.8 Å². The Labute approximate surface area is 103 Å². The second kappa shape index (κ2) is 4.00. The van der Waals surface area contributed by atoms with Crippen molar-refractivity contribution >= 4 is 16.7 Å². The van der Waals surface area contributed by atoms with E-state index in [4.69, 9.17) is 0 Å². The van der Waals surface area contributed by atoms with Gasteiger partial charge in [0.25, 0.3) is 0 Å². The first-order chi connectivity index (χ1) is 8.75. The van der Waals surface area contributed by atoms with Crippen molar-refractivity contribution in [2.75, 3.05) is 0 Å². The molecule has 0 radical (unpaired) electrons. The van der Waals surface area contributed by atoms with E-state index >= 15 is 0 Å². The molecule has 88 valence electrons. The number of phenolic OH excluding ortho intramolecular Hbond substituents is 1. The lowest BCUT2D eigenvalue weighted by Gasteiger charge is -1.99. The van der Waals surface area contributed by atoms with Gasteiger partial charge in [-0.05, 0) is 18.2 Å². The second-order valence-corrected chi connectivity index (χ2v) is 4.00. The number of nitrogens with one attached hydrogen (secondary N) is 1. The van der Waals surface area contributed by atoms with Gasteiger partial charge < -0.3 is 5.11 Å². The van der Waals surface area contributed by atoms with Crippen LogP contribution in [0.1, 0.15) is 16.1 Å². The molecule has 4 heteroatoms. The third-order valence-corrected chi connectivity index (χ3v) is 2.79. The van der Waals surface area contributed by atoms with Gasteiger partial charge in [-0.3, -0.25) is 9.89 Å². The molecule has 2 aromatic carbocycles. The van der Waals surface area contributed by atoms with Gasteiger partial charge in [0.2, 0.25) is 5.78 Å². The number of ketones is 1. The minimum Gasteiger partial charge on any atom is -0.508 e. The number of H-pyrrole nitrogens is 1. The van der Waals surface area contributed by atoms with Crippen LogP contribution in [0.2, 0.25) is 0 Å². The third kappa shape index (κ3) is 1.64. The van der Waals surface area contributed by atoms with E-state index in [1.165, 1.54) is 12.1 Å². The number of rotatable bonds is 2. The molecule has 0 aliphatic carbocycles. The maximum atomic E-state index is 12.3. The SMILES string of the molecule is O=C(c1cccc(O)c1)c1n[nH]c2ccccc12. The molecule has 2 N–H and O–H groups in total. The predicted molar refractivity (Wildman–Crippen MR) is 67.6 cm³/mol. The molecule has 1 aromatic heterocycles. The molecule has 4 nitrogen and oxygen atoms in total. The fraction of sp³-hybridized carbons (Fsp3) is 0. The molecule has 3 rings (SSSR count). The summed E-state index contributed by atoms with van der Waals surface area (Å²) >= 11 is 0. The number of aromatic hydroxyl groups is 1. The lowest BCUT2D eigenvalue weighted by Crippen LogP contribution is -2.02. The second-order valence-electron chi connectivity index (χ2n) is 4.00. The highest BCUT2D eigenvalue weighted by Crippen LogP contribution is 2.20. The fourth-order valence-corrected chi connectivity index (χ4v) is 1.92. The van der Waals surface area contributed by atoms with Crippen LogP contribution in [0.15, 0.2) is 48.5 Å². The normalized spacial score (nSPS) is 10.7. The van der Waals surface area contributed by atoms with Crippen LogP contribution >= 0.6 is 0 Å². The molecular formula is C14H10N2O2. The number of hydrogen-bond acceptors (Lipinski definition) is 3. The first kappa shape index (κ1) is 10.5. The van der Waals surface area contributed by atoms with Crippen LogP contribution in [0.3, 0.4) is 0 Å². The summed E-state index contributed by atoms with van der Waals surface area (Å²) < 4.78 is 0. The van der Waals surface area contributed by atoms with Crippen LogP contribution in [0.25, 0.3) is 10.9 Å². The average molecular weight is 238 g/mol. The van der Waals surface area contributed by atoms with Crippen molar-refractivity contribution < 1.29 is 9.90 Å². The molecule has 0 atom stereocenters.